The van der Waals surface area contributed by atoms with E-state index in [4.69, 9.17) is 0 Å². The second kappa shape index (κ2) is 9.36. The Hall–Kier alpha value is -0.160. The summed E-state index contributed by atoms with van der Waals surface area (Å²) in [6.07, 6.45) is 7.75. The van der Waals surface area contributed by atoms with Crippen LogP contribution in [0.1, 0.15) is 59.3 Å². The molecule has 0 aromatic carbocycles. The molecule has 4 heteroatoms. The number of nitrogens with zero attached hydrogens (tertiary/aromatic N) is 3. The highest BCUT2D eigenvalue weighted by molar-refractivity contribution is 4.98. The molecule has 26 heavy (non-hydrogen) atoms. The minimum absolute atomic E-state index is 0.00969. The molecule has 1 aliphatic carbocycles. The number of hydrogen-bond acceptors (Lipinski definition) is 4. The number of aliphatic hydroxyl groups excluding tert-OH is 1. The van der Waals surface area contributed by atoms with E-state index in [2.05, 4.69) is 21.6 Å². The fourth-order valence-corrected chi connectivity index (χ4v) is 5.62. The minimum Gasteiger partial charge on any atom is -0.393 e. The largest absolute Gasteiger partial charge is 0.393 e. The van der Waals surface area contributed by atoms with Crippen LogP contribution in [0.4, 0.5) is 0 Å². The molecule has 0 atom stereocenters. The van der Waals surface area contributed by atoms with Gasteiger partial charge in [-0.3, -0.25) is 0 Å². The fraction of sp³-hybridized carbons (Fsp3) is 1.00. The van der Waals surface area contributed by atoms with Crippen LogP contribution in [0.25, 0.3) is 0 Å². The summed E-state index contributed by atoms with van der Waals surface area (Å²) in [5, 5.41) is 9.43. The number of aliphatic hydroxyl groups is 1. The molecule has 3 aliphatic heterocycles. The number of rotatable bonds is 5. The summed E-state index contributed by atoms with van der Waals surface area (Å²) in [6.45, 7) is 18.1. The first-order chi connectivity index (χ1) is 12.6. The van der Waals surface area contributed by atoms with Crippen LogP contribution in [0, 0.1) is 17.3 Å². The molecule has 3 saturated heterocycles. The van der Waals surface area contributed by atoms with Gasteiger partial charge in [0.1, 0.15) is 0 Å². The summed E-state index contributed by atoms with van der Waals surface area (Å²) in [5.41, 5.74) is 0.692. The highest BCUT2D eigenvalue weighted by atomic mass is 16.3. The highest BCUT2D eigenvalue weighted by Crippen LogP contribution is 2.41. The quantitative estimate of drug-likeness (QED) is 0.811. The van der Waals surface area contributed by atoms with E-state index in [0.29, 0.717) is 5.41 Å². The molecule has 1 saturated carbocycles. The first-order valence-corrected chi connectivity index (χ1v) is 11.5. The molecule has 3 heterocycles. The molecule has 0 unspecified atom stereocenters. The van der Waals surface area contributed by atoms with Crippen molar-refractivity contribution < 1.29 is 5.11 Å². The van der Waals surface area contributed by atoms with E-state index in [1.54, 1.807) is 0 Å². The van der Waals surface area contributed by atoms with Gasteiger partial charge < -0.3 is 19.8 Å². The number of hydrogen-bond donors (Lipinski definition) is 1. The van der Waals surface area contributed by atoms with Gasteiger partial charge in [-0.15, -0.1) is 0 Å². The van der Waals surface area contributed by atoms with Gasteiger partial charge in [0, 0.05) is 26.2 Å². The van der Waals surface area contributed by atoms with Crippen molar-refractivity contribution >= 4 is 0 Å². The van der Waals surface area contributed by atoms with Gasteiger partial charge in [0.2, 0.25) is 0 Å². The monoisotopic (exact) mass is 365 g/mol. The van der Waals surface area contributed by atoms with Gasteiger partial charge in [-0.25, -0.2) is 0 Å². The van der Waals surface area contributed by atoms with Gasteiger partial charge >= 0.3 is 0 Å². The molecule has 1 spiro atoms. The maximum absolute atomic E-state index is 9.43. The van der Waals surface area contributed by atoms with Crippen LogP contribution in [0.3, 0.4) is 0 Å². The Kier molecular flexibility index (Phi) is 7.40. The molecule has 4 rings (SSSR count). The first-order valence-electron chi connectivity index (χ1n) is 11.5. The van der Waals surface area contributed by atoms with Gasteiger partial charge in [0.05, 0.1) is 6.10 Å². The van der Waals surface area contributed by atoms with E-state index in [1.807, 2.05) is 13.8 Å². The molecule has 0 amide bonds. The predicted molar refractivity (Wildman–Crippen MR) is 109 cm³/mol. The molecule has 0 aromatic rings. The lowest BCUT2D eigenvalue weighted by atomic mass is 9.71. The molecule has 4 aliphatic rings. The van der Waals surface area contributed by atoms with Crippen LogP contribution < -0.4 is 0 Å². The summed E-state index contributed by atoms with van der Waals surface area (Å²) in [5.74, 6) is 1.71. The SMILES string of the molecule is CC.CCN1CCC2(CC1)CN(CC1CCN(CC3CC(O)C3)CC1)C2. The van der Waals surface area contributed by atoms with Crippen LogP contribution in [-0.2, 0) is 0 Å². The third kappa shape index (κ3) is 5.01. The van der Waals surface area contributed by atoms with E-state index in [0.717, 1.165) is 24.7 Å². The second-order valence-electron chi connectivity index (χ2n) is 9.34. The summed E-state index contributed by atoms with van der Waals surface area (Å²) in [4.78, 5) is 8.03. The zero-order valence-electron chi connectivity index (χ0n) is 17.6. The highest BCUT2D eigenvalue weighted by Gasteiger charge is 2.44. The number of likely N-dealkylation sites (tertiary alicyclic amines) is 3. The second-order valence-corrected chi connectivity index (χ2v) is 9.34. The minimum atomic E-state index is 0.00969. The van der Waals surface area contributed by atoms with Crippen LogP contribution in [-0.4, -0.2) is 84.8 Å². The van der Waals surface area contributed by atoms with Crippen molar-refractivity contribution in [1.29, 1.82) is 0 Å². The lowest BCUT2D eigenvalue weighted by Gasteiger charge is -2.55. The molecule has 0 aromatic heterocycles. The van der Waals surface area contributed by atoms with Gasteiger partial charge in [-0.05, 0) is 88.5 Å². The topological polar surface area (TPSA) is 30.0 Å². The predicted octanol–water partition coefficient (Wildman–Crippen LogP) is 2.91. The first kappa shape index (κ1) is 20.6. The van der Waals surface area contributed by atoms with Crippen molar-refractivity contribution in [2.75, 3.05) is 58.9 Å². The van der Waals surface area contributed by atoms with Crippen molar-refractivity contribution in [2.45, 2.75) is 65.4 Å². The van der Waals surface area contributed by atoms with Gasteiger partial charge in [-0.2, -0.15) is 0 Å². The maximum Gasteiger partial charge on any atom is 0.0546 e. The Morgan fingerprint density at radius 2 is 1.38 bits per heavy atom. The lowest BCUT2D eigenvalue weighted by molar-refractivity contribution is -0.0569. The normalized spacial score (nSPS) is 33.2. The van der Waals surface area contributed by atoms with Crippen molar-refractivity contribution in [3.05, 3.63) is 0 Å². The summed E-state index contributed by atoms with van der Waals surface area (Å²) in [6, 6.07) is 0. The lowest BCUT2D eigenvalue weighted by Crippen LogP contribution is -2.61. The van der Waals surface area contributed by atoms with Crippen molar-refractivity contribution in [3.8, 4) is 0 Å². The molecule has 4 nitrogen and oxygen atoms in total. The zero-order chi connectivity index (χ0) is 18.6. The Balaban J connectivity index is 0.000000948. The van der Waals surface area contributed by atoms with Gasteiger partial charge in [-0.1, -0.05) is 20.8 Å². The Labute approximate surface area is 161 Å². The molecule has 152 valence electrons. The third-order valence-electron chi connectivity index (χ3n) is 7.43. The van der Waals surface area contributed by atoms with Gasteiger partial charge in [0.15, 0.2) is 0 Å². The molecule has 1 N–H and O–H groups in total. The standard InChI is InChI=1S/C20H37N3O.C2H6/c1-2-21-9-5-20(6-10-21)15-23(16-20)13-17-3-7-22(8-4-17)14-18-11-19(24)12-18;1-2/h17-19,24H,2-16H2,1H3;1-2H3. The molecular weight excluding hydrogens is 322 g/mol. The van der Waals surface area contributed by atoms with Crippen LogP contribution in [0.2, 0.25) is 0 Å². The van der Waals surface area contributed by atoms with Gasteiger partial charge in [0.25, 0.3) is 0 Å². The van der Waals surface area contributed by atoms with E-state index >= 15 is 0 Å². The maximum atomic E-state index is 9.43. The van der Waals surface area contributed by atoms with E-state index < -0.39 is 0 Å². The summed E-state index contributed by atoms with van der Waals surface area (Å²) < 4.78 is 0. The molecule has 0 bridgehead atoms. The average Bonchev–Trinajstić information content (AvgIpc) is 2.63. The van der Waals surface area contributed by atoms with Crippen LogP contribution >= 0.6 is 0 Å². The summed E-state index contributed by atoms with van der Waals surface area (Å²) >= 11 is 0. The smallest absolute Gasteiger partial charge is 0.0546 e. The molecule has 4 fully saturated rings. The molecule has 0 radical (unpaired) electrons. The van der Waals surface area contributed by atoms with Crippen molar-refractivity contribution in [2.24, 2.45) is 17.3 Å². The number of piperidine rings is 2. The molecular formula is C22H43N3O. The average molecular weight is 366 g/mol. The van der Waals surface area contributed by atoms with E-state index in [1.165, 1.54) is 84.6 Å². The van der Waals surface area contributed by atoms with Crippen LogP contribution in [0.5, 0.6) is 0 Å². The Bertz CT molecular complexity index is 400. The summed E-state index contributed by atoms with van der Waals surface area (Å²) in [7, 11) is 0. The Morgan fingerprint density at radius 3 is 1.92 bits per heavy atom. The van der Waals surface area contributed by atoms with Crippen LogP contribution in [0.15, 0.2) is 0 Å². The van der Waals surface area contributed by atoms with Crippen molar-refractivity contribution in [1.82, 2.24) is 14.7 Å². The van der Waals surface area contributed by atoms with E-state index in [9.17, 15) is 5.11 Å². The fourth-order valence-electron chi connectivity index (χ4n) is 5.62. The Morgan fingerprint density at radius 1 is 0.808 bits per heavy atom. The van der Waals surface area contributed by atoms with Crippen molar-refractivity contribution in [3.63, 3.8) is 0 Å². The third-order valence-corrected chi connectivity index (χ3v) is 7.43. The zero-order valence-corrected chi connectivity index (χ0v) is 17.6. The van der Waals surface area contributed by atoms with E-state index in [-0.39, 0.29) is 6.10 Å².